The van der Waals surface area contributed by atoms with Gasteiger partial charge < -0.3 is 4.74 Å². The molecule has 1 fully saturated rings. The van der Waals surface area contributed by atoms with E-state index >= 15 is 0 Å². The summed E-state index contributed by atoms with van der Waals surface area (Å²) in [6.45, 7) is 1.70. The Balaban J connectivity index is 2.20. The first-order valence-electron chi connectivity index (χ1n) is 4.97. The van der Waals surface area contributed by atoms with Crippen molar-refractivity contribution >= 4 is 11.6 Å². The van der Waals surface area contributed by atoms with E-state index in [4.69, 9.17) is 16.3 Å². The summed E-state index contributed by atoms with van der Waals surface area (Å²) >= 11 is 5.88. The number of halogens is 1. The Bertz CT molecular complexity index is 305. The molecule has 1 aliphatic rings. The Labute approximate surface area is 89.0 Å². The minimum absolute atomic E-state index is 0.540. The number of nitrogens with zero attached hydrogens (tertiary/aromatic N) is 2. The molecule has 0 aromatic carbocycles. The van der Waals surface area contributed by atoms with Gasteiger partial charge in [-0.05, 0) is 12.8 Å². The molecule has 0 amide bonds. The van der Waals surface area contributed by atoms with Gasteiger partial charge in [0.2, 0.25) is 0 Å². The van der Waals surface area contributed by atoms with Gasteiger partial charge in [-0.25, -0.2) is 0 Å². The molecule has 0 aliphatic carbocycles. The molecule has 0 unspecified atom stereocenters. The van der Waals surface area contributed by atoms with Crippen LogP contribution in [0.25, 0.3) is 0 Å². The fourth-order valence-electron chi connectivity index (χ4n) is 1.97. The summed E-state index contributed by atoms with van der Waals surface area (Å²) in [6, 6.07) is 0. The van der Waals surface area contributed by atoms with Crippen molar-refractivity contribution in [2.45, 2.75) is 24.6 Å². The summed E-state index contributed by atoms with van der Waals surface area (Å²) in [4.78, 5) is 0. The number of aromatic nitrogens is 2. The van der Waals surface area contributed by atoms with Gasteiger partial charge in [0, 0.05) is 37.9 Å². The lowest BCUT2D eigenvalue weighted by Crippen LogP contribution is -2.15. The SMILES string of the molecule is Cn1cc(CCl)c(C2CCOCC2)n1. The van der Waals surface area contributed by atoms with Gasteiger partial charge in [0.15, 0.2) is 0 Å². The highest BCUT2D eigenvalue weighted by Gasteiger charge is 2.21. The van der Waals surface area contributed by atoms with E-state index in [2.05, 4.69) is 5.10 Å². The lowest BCUT2D eigenvalue weighted by Gasteiger charge is -2.21. The van der Waals surface area contributed by atoms with Crippen molar-refractivity contribution in [3.63, 3.8) is 0 Å². The van der Waals surface area contributed by atoms with E-state index in [0.29, 0.717) is 11.8 Å². The molecule has 0 spiro atoms. The molecule has 78 valence electrons. The third-order valence-electron chi connectivity index (χ3n) is 2.69. The minimum Gasteiger partial charge on any atom is -0.381 e. The molecule has 1 saturated heterocycles. The van der Waals surface area contributed by atoms with Crippen LogP contribution in [0.15, 0.2) is 6.20 Å². The van der Waals surface area contributed by atoms with Crippen molar-refractivity contribution in [1.82, 2.24) is 9.78 Å². The zero-order valence-electron chi connectivity index (χ0n) is 8.37. The van der Waals surface area contributed by atoms with Gasteiger partial charge in [-0.2, -0.15) is 5.10 Å². The zero-order chi connectivity index (χ0) is 9.97. The fourth-order valence-corrected chi connectivity index (χ4v) is 2.18. The van der Waals surface area contributed by atoms with Crippen molar-refractivity contribution < 1.29 is 4.74 Å². The Morgan fingerprint density at radius 2 is 2.29 bits per heavy atom. The van der Waals surface area contributed by atoms with E-state index in [1.165, 1.54) is 11.3 Å². The normalized spacial score (nSPS) is 18.7. The molecule has 2 rings (SSSR count). The van der Waals surface area contributed by atoms with E-state index in [0.717, 1.165) is 26.1 Å². The molecule has 1 aromatic heterocycles. The Hall–Kier alpha value is -0.540. The first-order valence-corrected chi connectivity index (χ1v) is 5.51. The van der Waals surface area contributed by atoms with E-state index in [1.807, 2.05) is 17.9 Å². The minimum atomic E-state index is 0.540. The van der Waals surface area contributed by atoms with Crippen LogP contribution < -0.4 is 0 Å². The number of ether oxygens (including phenoxy) is 1. The van der Waals surface area contributed by atoms with Crippen molar-refractivity contribution in [1.29, 1.82) is 0 Å². The number of alkyl halides is 1. The van der Waals surface area contributed by atoms with Crippen molar-refractivity contribution in [3.8, 4) is 0 Å². The molecule has 0 saturated carbocycles. The van der Waals surface area contributed by atoms with Gasteiger partial charge in [-0.15, -0.1) is 11.6 Å². The van der Waals surface area contributed by atoms with E-state index in [9.17, 15) is 0 Å². The molecule has 0 radical (unpaired) electrons. The third kappa shape index (κ3) is 1.93. The Kier molecular flexibility index (Phi) is 3.08. The van der Waals surface area contributed by atoms with Crippen LogP contribution in [-0.2, 0) is 17.7 Å². The quantitative estimate of drug-likeness (QED) is 0.705. The molecule has 1 aromatic rings. The largest absolute Gasteiger partial charge is 0.381 e. The molecular weight excluding hydrogens is 200 g/mol. The second-order valence-corrected chi connectivity index (χ2v) is 4.00. The molecule has 0 N–H and O–H groups in total. The number of aryl methyl sites for hydroxylation is 1. The van der Waals surface area contributed by atoms with Crippen LogP contribution in [-0.4, -0.2) is 23.0 Å². The highest BCUT2D eigenvalue weighted by molar-refractivity contribution is 6.17. The summed E-state index contributed by atoms with van der Waals surface area (Å²) in [5, 5.41) is 4.48. The standard InChI is InChI=1S/C10H15ClN2O/c1-13-7-9(6-11)10(12-13)8-2-4-14-5-3-8/h7-8H,2-6H2,1H3. The monoisotopic (exact) mass is 214 g/mol. The van der Waals surface area contributed by atoms with Crippen LogP contribution >= 0.6 is 11.6 Å². The van der Waals surface area contributed by atoms with Crippen LogP contribution in [0.1, 0.15) is 30.0 Å². The third-order valence-corrected chi connectivity index (χ3v) is 2.98. The summed E-state index contributed by atoms with van der Waals surface area (Å²) in [7, 11) is 1.94. The maximum atomic E-state index is 5.88. The molecule has 1 aliphatic heterocycles. The summed E-state index contributed by atoms with van der Waals surface area (Å²) in [5.74, 6) is 1.10. The number of rotatable bonds is 2. The second kappa shape index (κ2) is 4.32. The highest BCUT2D eigenvalue weighted by atomic mass is 35.5. The van der Waals surface area contributed by atoms with Crippen molar-refractivity contribution in [2.75, 3.05) is 13.2 Å². The maximum Gasteiger partial charge on any atom is 0.0701 e. The molecule has 0 atom stereocenters. The predicted octanol–water partition coefficient (Wildman–Crippen LogP) is 2.05. The Morgan fingerprint density at radius 3 is 2.93 bits per heavy atom. The molecular formula is C10H15ClN2O. The zero-order valence-corrected chi connectivity index (χ0v) is 9.13. The van der Waals surface area contributed by atoms with Crippen molar-refractivity contribution in [2.24, 2.45) is 7.05 Å². The van der Waals surface area contributed by atoms with Crippen LogP contribution in [0.5, 0.6) is 0 Å². The smallest absolute Gasteiger partial charge is 0.0701 e. The van der Waals surface area contributed by atoms with E-state index in [1.54, 1.807) is 0 Å². The molecule has 0 bridgehead atoms. The number of hydrogen-bond donors (Lipinski definition) is 0. The first kappa shape index (κ1) is 9.99. The summed E-state index contributed by atoms with van der Waals surface area (Å²) in [6.07, 6.45) is 4.15. The maximum absolute atomic E-state index is 5.88. The van der Waals surface area contributed by atoms with Crippen LogP contribution in [0, 0.1) is 0 Å². The average Bonchev–Trinajstić information content (AvgIpc) is 2.61. The van der Waals surface area contributed by atoms with Gasteiger partial charge >= 0.3 is 0 Å². The Morgan fingerprint density at radius 1 is 1.57 bits per heavy atom. The highest BCUT2D eigenvalue weighted by Crippen LogP contribution is 2.28. The van der Waals surface area contributed by atoms with Gasteiger partial charge in [0.1, 0.15) is 0 Å². The van der Waals surface area contributed by atoms with E-state index < -0.39 is 0 Å². The van der Waals surface area contributed by atoms with Gasteiger partial charge in [0.05, 0.1) is 11.6 Å². The van der Waals surface area contributed by atoms with E-state index in [-0.39, 0.29) is 0 Å². The molecule has 2 heterocycles. The number of hydrogen-bond acceptors (Lipinski definition) is 2. The van der Waals surface area contributed by atoms with Crippen molar-refractivity contribution in [3.05, 3.63) is 17.5 Å². The van der Waals surface area contributed by atoms with Crippen LogP contribution in [0.3, 0.4) is 0 Å². The molecule has 3 nitrogen and oxygen atoms in total. The summed E-state index contributed by atoms with van der Waals surface area (Å²) in [5.41, 5.74) is 2.34. The van der Waals surface area contributed by atoms with Gasteiger partial charge in [-0.1, -0.05) is 0 Å². The second-order valence-electron chi connectivity index (χ2n) is 3.73. The fraction of sp³-hybridized carbons (Fsp3) is 0.700. The molecule has 14 heavy (non-hydrogen) atoms. The lowest BCUT2D eigenvalue weighted by molar-refractivity contribution is 0.0842. The predicted molar refractivity (Wildman–Crippen MR) is 55.6 cm³/mol. The molecule has 4 heteroatoms. The summed E-state index contributed by atoms with van der Waals surface area (Å²) < 4.78 is 7.18. The van der Waals surface area contributed by atoms with Gasteiger partial charge in [-0.3, -0.25) is 4.68 Å². The van der Waals surface area contributed by atoms with Gasteiger partial charge in [0.25, 0.3) is 0 Å². The average molecular weight is 215 g/mol. The lowest BCUT2D eigenvalue weighted by atomic mass is 9.94. The van der Waals surface area contributed by atoms with Crippen LogP contribution in [0.2, 0.25) is 0 Å². The van der Waals surface area contributed by atoms with Crippen LogP contribution in [0.4, 0.5) is 0 Å². The topological polar surface area (TPSA) is 27.1 Å². The first-order chi connectivity index (χ1) is 6.81.